The monoisotopic (exact) mass is 70.1 g/mol. The molecule has 0 heteroatoms. The highest BCUT2D eigenvalue weighted by atomic mass is 13.9. The third-order valence-electron chi connectivity index (χ3n) is 0.814. The van der Waals surface area contributed by atoms with E-state index in [1.165, 1.54) is 6.42 Å². The molecule has 0 atom stereocenters. The zero-order valence-electron chi connectivity index (χ0n) is 4.20. The van der Waals surface area contributed by atoms with Crippen LogP contribution in [0.1, 0.15) is 20.6 Å². The summed E-state index contributed by atoms with van der Waals surface area (Å²) >= 11 is 0. The van der Waals surface area contributed by atoms with Crippen LogP contribution in [0.3, 0.4) is 0 Å². The summed E-state index contributed by atoms with van der Waals surface area (Å²) in [6.45, 7) is 0. The fourth-order valence-corrected chi connectivity index (χ4v) is 0.510. The molecule has 1 aliphatic rings. The lowest BCUT2D eigenvalue weighted by molar-refractivity contribution is 0.929. The van der Waals surface area contributed by atoms with Gasteiger partial charge in [0, 0.05) is 0 Å². The summed E-state index contributed by atoms with van der Waals surface area (Å²) in [5, 5.41) is 0. The molecule has 0 aliphatic heterocycles. The average Bonchev–Trinajstić information content (AvgIpc) is 1.86. The Hall–Kier alpha value is -0.260. The first kappa shape index (κ1) is 2.01. The molecule has 0 amide bonds. The fraction of sp³-hybridized carbons (Fsp3) is 0.600. The molecule has 0 radical (unpaired) electrons. The van der Waals surface area contributed by atoms with Crippen molar-refractivity contribution in [2.24, 2.45) is 0 Å². The van der Waals surface area contributed by atoms with Gasteiger partial charge in [-0.2, -0.15) is 0 Å². The molecule has 0 unspecified atom stereocenters. The Morgan fingerprint density at radius 2 is 2.60 bits per heavy atom. The molecule has 5 heavy (non-hydrogen) atoms. The minimum absolute atomic E-state index is 0.829. The molecule has 0 aromatic carbocycles. The molecular formula is C5H8. The number of allylic oxidation sites excluding steroid dienone is 2. The Morgan fingerprint density at radius 1 is 1.60 bits per heavy atom. The van der Waals surface area contributed by atoms with E-state index in [1.807, 2.05) is 6.08 Å². The van der Waals surface area contributed by atoms with E-state index in [9.17, 15) is 0 Å². The predicted molar refractivity (Wildman–Crippen MR) is 23.0 cm³/mol. The lowest BCUT2D eigenvalue weighted by Gasteiger charge is -1.69. The number of hydrogen-bond acceptors (Lipinski definition) is 0. The summed E-state index contributed by atoms with van der Waals surface area (Å²) in [5.41, 5.74) is 0. The van der Waals surface area contributed by atoms with E-state index in [2.05, 4.69) is 0 Å². The fourth-order valence-electron chi connectivity index (χ4n) is 0.510. The van der Waals surface area contributed by atoms with Crippen LogP contribution >= 0.6 is 0 Å². The van der Waals surface area contributed by atoms with Gasteiger partial charge in [0.1, 0.15) is 0 Å². The first-order valence-electron chi connectivity index (χ1n) is 2.55. The zero-order chi connectivity index (χ0) is 4.41. The highest BCUT2D eigenvalue weighted by Crippen LogP contribution is 2.05. The number of rotatable bonds is 0. The van der Waals surface area contributed by atoms with Crippen LogP contribution in [-0.2, 0) is 0 Å². The first-order valence-corrected chi connectivity index (χ1v) is 2.05. The molecule has 0 saturated carbocycles. The van der Waals surface area contributed by atoms with E-state index in [-0.39, 0.29) is 0 Å². The lowest BCUT2D eigenvalue weighted by Crippen LogP contribution is -1.50. The van der Waals surface area contributed by atoms with Gasteiger partial charge in [-0.1, -0.05) is 12.1 Å². The van der Waals surface area contributed by atoms with Crippen LogP contribution < -0.4 is 0 Å². The summed E-state index contributed by atoms with van der Waals surface area (Å²) in [4.78, 5) is 0. The van der Waals surface area contributed by atoms with Gasteiger partial charge in [0.15, 0.2) is 0 Å². The Kier molecular flexibility index (Phi) is 0.503. The second-order valence-corrected chi connectivity index (χ2v) is 1.30. The van der Waals surface area contributed by atoms with E-state index in [0.717, 1.165) is 18.9 Å². The van der Waals surface area contributed by atoms with Crippen molar-refractivity contribution in [1.82, 2.24) is 0 Å². The van der Waals surface area contributed by atoms with Crippen molar-refractivity contribution in [1.29, 1.82) is 0 Å². The molecule has 1 rings (SSSR count). The molecule has 0 fully saturated rings. The first-order chi connectivity index (χ1) is 2.89. The Labute approximate surface area is 33.9 Å². The quantitative estimate of drug-likeness (QED) is 0.381. The maximum atomic E-state index is 6.99. The molecule has 1 aliphatic carbocycles. The molecule has 0 heterocycles. The van der Waals surface area contributed by atoms with Gasteiger partial charge in [-0.25, -0.2) is 0 Å². The minimum atomic E-state index is 0.829. The summed E-state index contributed by atoms with van der Waals surface area (Å²) in [6, 6.07) is 0.829. The Morgan fingerprint density at radius 3 is 2.80 bits per heavy atom. The third kappa shape index (κ3) is 0.504. The highest BCUT2D eigenvalue weighted by Gasteiger charge is 1.84. The molecule has 0 aromatic heterocycles. The van der Waals surface area contributed by atoms with Crippen LogP contribution in [0.5, 0.6) is 0 Å². The molecule has 28 valence electrons. The van der Waals surface area contributed by atoms with Gasteiger partial charge >= 0.3 is 0 Å². The van der Waals surface area contributed by atoms with Crippen molar-refractivity contribution in [3.05, 3.63) is 12.1 Å². The minimum Gasteiger partial charge on any atom is -0.0885 e. The Bertz CT molecular complexity index is 74.0. The van der Waals surface area contributed by atoms with Gasteiger partial charge in [-0.3, -0.25) is 0 Å². The maximum Gasteiger partial charge on any atom is 0.0572 e. The summed E-state index contributed by atoms with van der Waals surface area (Å²) in [7, 11) is 0. The van der Waals surface area contributed by atoms with Crippen molar-refractivity contribution in [3.8, 4) is 0 Å². The predicted octanol–water partition coefficient (Wildman–Crippen LogP) is 1.73. The normalized spacial score (nSPS) is 25.6. The standard InChI is InChI=1S/C5H8/c1-2-4-5-3-1/h1-2H,3-5H2/i1T. The number of hydrogen-bond donors (Lipinski definition) is 0. The molecule has 0 N–H and O–H groups in total. The van der Waals surface area contributed by atoms with E-state index in [1.54, 1.807) is 0 Å². The van der Waals surface area contributed by atoms with Gasteiger partial charge in [0.2, 0.25) is 0 Å². The van der Waals surface area contributed by atoms with Crippen LogP contribution in [-0.4, -0.2) is 0 Å². The van der Waals surface area contributed by atoms with E-state index < -0.39 is 0 Å². The van der Waals surface area contributed by atoms with Crippen molar-refractivity contribution >= 4 is 0 Å². The summed E-state index contributed by atoms with van der Waals surface area (Å²) in [5.74, 6) is 0. The van der Waals surface area contributed by atoms with Gasteiger partial charge in [0.05, 0.1) is 1.37 Å². The molecule has 0 saturated heterocycles. The van der Waals surface area contributed by atoms with Gasteiger partial charge in [-0.15, -0.1) is 0 Å². The van der Waals surface area contributed by atoms with E-state index in [0.29, 0.717) is 0 Å². The largest absolute Gasteiger partial charge is 0.0885 e. The third-order valence-corrected chi connectivity index (χ3v) is 0.814. The molecular weight excluding hydrogens is 60.1 g/mol. The molecule has 0 bridgehead atoms. The lowest BCUT2D eigenvalue weighted by atomic mass is 10.4. The SMILES string of the molecule is [3H]C1=CCCC1. The average molecular weight is 70.1 g/mol. The molecule has 0 nitrogen and oxygen atoms in total. The van der Waals surface area contributed by atoms with Gasteiger partial charge in [-0.05, 0) is 19.3 Å². The van der Waals surface area contributed by atoms with E-state index >= 15 is 0 Å². The summed E-state index contributed by atoms with van der Waals surface area (Å²) < 4.78 is 6.99. The van der Waals surface area contributed by atoms with Crippen LogP contribution in [0.15, 0.2) is 12.1 Å². The second-order valence-electron chi connectivity index (χ2n) is 1.30. The maximum absolute atomic E-state index is 6.99. The van der Waals surface area contributed by atoms with Crippen LogP contribution in [0, 0.1) is 0 Å². The second kappa shape index (κ2) is 1.25. The van der Waals surface area contributed by atoms with Crippen LogP contribution in [0.2, 0.25) is 0 Å². The van der Waals surface area contributed by atoms with Gasteiger partial charge < -0.3 is 0 Å². The van der Waals surface area contributed by atoms with Crippen molar-refractivity contribution in [2.75, 3.05) is 0 Å². The zero-order valence-corrected chi connectivity index (χ0v) is 3.20. The van der Waals surface area contributed by atoms with Crippen molar-refractivity contribution < 1.29 is 1.37 Å². The van der Waals surface area contributed by atoms with E-state index in [4.69, 9.17) is 1.37 Å². The topological polar surface area (TPSA) is 0 Å². The van der Waals surface area contributed by atoms with Gasteiger partial charge in [0.25, 0.3) is 0 Å². The smallest absolute Gasteiger partial charge is 0.0572 e. The van der Waals surface area contributed by atoms with Crippen molar-refractivity contribution in [3.63, 3.8) is 0 Å². The highest BCUT2D eigenvalue weighted by molar-refractivity contribution is 4.88. The van der Waals surface area contributed by atoms with Crippen LogP contribution in [0.25, 0.3) is 0 Å². The molecule has 0 aromatic rings. The Balaban J connectivity index is 2.45. The van der Waals surface area contributed by atoms with Crippen LogP contribution in [0.4, 0.5) is 0 Å². The molecule has 0 spiro atoms. The van der Waals surface area contributed by atoms with Crippen molar-refractivity contribution in [2.45, 2.75) is 19.3 Å². The summed E-state index contributed by atoms with van der Waals surface area (Å²) in [6.07, 6.45) is 5.34.